The molecule has 1 saturated heterocycles. The number of rotatable bonds is 4. The molecule has 0 saturated carbocycles. The van der Waals surface area contributed by atoms with E-state index in [2.05, 4.69) is 21.2 Å². The summed E-state index contributed by atoms with van der Waals surface area (Å²) in [5, 5.41) is 0. The lowest BCUT2D eigenvalue weighted by Gasteiger charge is -2.30. The van der Waals surface area contributed by atoms with Gasteiger partial charge >= 0.3 is 0 Å². The molecule has 4 nitrogen and oxygen atoms in total. The van der Waals surface area contributed by atoms with Crippen molar-refractivity contribution in [3.63, 3.8) is 0 Å². The zero-order chi connectivity index (χ0) is 13.9. The number of nitrogens with zero attached hydrogens (tertiary/aromatic N) is 3. The third kappa shape index (κ3) is 2.61. The van der Waals surface area contributed by atoms with Crippen molar-refractivity contribution < 1.29 is 4.79 Å². The highest BCUT2D eigenvalue weighted by atomic mass is 16.1. The monoisotopic (exact) mass is 271 g/mol. The van der Waals surface area contributed by atoms with E-state index in [1.807, 2.05) is 24.5 Å². The fourth-order valence-electron chi connectivity index (χ4n) is 3.06. The second-order valence-corrected chi connectivity index (χ2v) is 5.63. The minimum atomic E-state index is 0.709. The van der Waals surface area contributed by atoms with E-state index >= 15 is 0 Å². The van der Waals surface area contributed by atoms with Crippen molar-refractivity contribution in [2.45, 2.75) is 26.2 Å². The third-order valence-electron chi connectivity index (χ3n) is 4.39. The van der Waals surface area contributed by atoms with Gasteiger partial charge in [0.05, 0.1) is 11.7 Å². The fourth-order valence-corrected chi connectivity index (χ4v) is 3.06. The van der Waals surface area contributed by atoms with Gasteiger partial charge in [0.15, 0.2) is 0 Å². The molecule has 0 bridgehead atoms. The van der Waals surface area contributed by atoms with E-state index in [4.69, 9.17) is 0 Å². The quantitative estimate of drug-likeness (QED) is 0.801. The second kappa shape index (κ2) is 5.75. The summed E-state index contributed by atoms with van der Waals surface area (Å²) in [5.74, 6) is 1.85. The number of hydrogen-bond donors (Lipinski definition) is 0. The van der Waals surface area contributed by atoms with Crippen LogP contribution in [0.15, 0.2) is 24.5 Å². The number of fused-ring (bicyclic) bond motifs is 1. The largest absolute Gasteiger partial charge is 0.304 e. The normalized spacial score (nSPS) is 17.6. The minimum absolute atomic E-state index is 0.709. The van der Waals surface area contributed by atoms with E-state index in [0.717, 1.165) is 36.5 Å². The van der Waals surface area contributed by atoms with Gasteiger partial charge in [0.2, 0.25) is 0 Å². The van der Waals surface area contributed by atoms with Gasteiger partial charge in [-0.15, -0.1) is 0 Å². The summed E-state index contributed by atoms with van der Waals surface area (Å²) in [7, 11) is 0. The zero-order valence-electron chi connectivity index (χ0n) is 12.0. The van der Waals surface area contributed by atoms with Crippen molar-refractivity contribution in [2.75, 3.05) is 19.6 Å². The van der Waals surface area contributed by atoms with Crippen LogP contribution in [-0.4, -0.2) is 40.2 Å². The van der Waals surface area contributed by atoms with Crippen LogP contribution in [0.25, 0.3) is 5.52 Å². The van der Waals surface area contributed by atoms with Crippen molar-refractivity contribution >= 4 is 11.8 Å². The Kier molecular flexibility index (Phi) is 3.83. The van der Waals surface area contributed by atoms with Gasteiger partial charge in [0, 0.05) is 18.2 Å². The number of carbonyl (C=O) groups excluding carboxylic acids is 1. The van der Waals surface area contributed by atoms with Crippen molar-refractivity contribution in [2.24, 2.45) is 5.92 Å². The molecule has 0 atom stereocenters. The first-order valence-electron chi connectivity index (χ1n) is 7.43. The Morgan fingerprint density at radius 2 is 2.20 bits per heavy atom. The molecule has 0 aromatic carbocycles. The average molecular weight is 271 g/mol. The molecule has 0 spiro atoms. The molecule has 20 heavy (non-hydrogen) atoms. The third-order valence-corrected chi connectivity index (χ3v) is 4.39. The van der Waals surface area contributed by atoms with E-state index in [1.54, 1.807) is 0 Å². The maximum Gasteiger partial charge on any atom is 0.150 e. The molecule has 0 radical (unpaired) electrons. The van der Waals surface area contributed by atoms with Crippen molar-refractivity contribution in [3.05, 3.63) is 35.9 Å². The van der Waals surface area contributed by atoms with Gasteiger partial charge in [-0.05, 0) is 50.5 Å². The molecule has 0 N–H and O–H groups in total. The maximum absolute atomic E-state index is 10.8. The summed E-state index contributed by atoms with van der Waals surface area (Å²) < 4.78 is 2.11. The summed E-state index contributed by atoms with van der Waals surface area (Å²) in [6, 6.07) is 3.74. The van der Waals surface area contributed by atoms with Gasteiger partial charge in [-0.3, -0.25) is 4.79 Å². The van der Waals surface area contributed by atoms with E-state index in [1.165, 1.54) is 25.9 Å². The number of piperidine rings is 1. The van der Waals surface area contributed by atoms with Crippen molar-refractivity contribution in [1.29, 1.82) is 0 Å². The van der Waals surface area contributed by atoms with Crippen LogP contribution in [0.5, 0.6) is 0 Å². The second-order valence-electron chi connectivity index (χ2n) is 5.63. The molecule has 3 heterocycles. The molecule has 106 valence electrons. The Labute approximate surface area is 119 Å². The number of pyridine rings is 1. The van der Waals surface area contributed by atoms with E-state index < -0.39 is 0 Å². The Morgan fingerprint density at radius 1 is 1.40 bits per heavy atom. The summed E-state index contributed by atoms with van der Waals surface area (Å²) >= 11 is 0. The summed E-state index contributed by atoms with van der Waals surface area (Å²) in [4.78, 5) is 17.8. The highest BCUT2D eigenvalue weighted by Gasteiger charge is 2.19. The van der Waals surface area contributed by atoms with Crippen LogP contribution in [0.3, 0.4) is 0 Å². The lowest BCUT2D eigenvalue weighted by atomic mass is 9.93. The minimum Gasteiger partial charge on any atom is -0.304 e. The Balaban J connectivity index is 1.73. The van der Waals surface area contributed by atoms with Crippen LogP contribution in [-0.2, 0) is 6.42 Å². The van der Waals surface area contributed by atoms with Crippen LogP contribution in [0.1, 0.15) is 35.9 Å². The van der Waals surface area contributed by atoms with Crippen LogP contribution < -0.4 is 0 Å². The fraction of sp³-hybridized carbons (Fsp3) is 0.500. The molecular formula is C16H21N3O. The van der Waals surface area contributed by atoms with Gasteiger partial charge in [0.25, 0.3) is 0 Å². The summed E-state index contributed by atoms with van der Waals surface area (Å²) in [6.45, 7) is 5.81. The smallest absolute Gasteiger partial charge is 0.150 e. The zero-order valence-corrected chi connectivity index (χ0v) is 12.0. The molecule has 0 unspecified atom stereocenters. The van der Waals surface area contributed by atoms with Gasteiger partial charge in [0.1, 0.15) is 12.1 Å². The first kappa shape index (κ1) is 13.3. The molecule has 2 aromatic heterocycles. The van der Waals surface area contributed by atoms with Crippen LogP contribution in [0.2, 0.25) is 0 Å². The van der Waals surface area contributed by atoms with Crippen LogP contribution >= 0.6 is 0 Å². The number of imidazole rings is 1. The molecule has 2 aromatic rings. The van der Waals surface area contributed by atoms with Crippen molar-refractivity contribution in [1.82, 2.24) is 14.3 Å². The first-order chi connectivity index (χ1) is 9.80. The van der Waals surface area contributed by atoms with E-state index in [-0.39, 0.29) is 0 Å². The van der Waals surface area contributed by atoms with Gasteiger partial charge < -0.3 is 9.30 Å². The number of likely N-dealkylation sites (tertiary alicyclic amines) is 1. The summed E-state index contributed by atoms with van der Waals surface area (Å²) in [5.41, 5.74) is 1.72. The average Bonchev–Trinajstić information content (AvgIpc) is 2.90. The molecule has 3 rings (SSSR count). The SMILES string of the molecule is CCN1CCC(Cc2ncc3cc(C=O)ccn23)CC1. The molecule has 1 fully saturated rings. The molecule has 4 heteroatoms. The maximum atomic E-state index is 10.8. The molecule has 0 amide bonds. The lowest BCUT2D eigenvalue weighted by Crippen LogP contribution is -2.34. The van der Waals surface area contributed by atoms with E-state index in [9.17, 15) is 4.79 Å². The van der Waals surface area contributed by atoms with Gasteiger partial charge in [-0.2, -0.15) is 0 Å². The molecule has 0 aliphatic carbocycles. The number of carbonyl (C=O) groups is 1. The first-order valence-corrected chi connectivity index (χ1v) is 7.43. The Bertz CT molecular complexity index is 597. The number of aldehydes is 1. The van der Waals surface area contributed by atoms with Gasteiger partial charge in [-0.25, -0.2) is 4.98 Å². The van der Waals surface area contributed by atoms with Crippen molar-refractivity contribution in [3.8, 4) is 0 Å². The molecule has 1 aliphatic rings. The van der Waals surface area contributed by atoms with E-state index in [0.29, 0.717) is 5.56 Å². The Morgan fingerprint density at radius 3 is 2.90 bits per heavy atom. The lowest BCUT2D eigenvalue weighted by molar-refractivity contribution is 0.112. The standard InChI is InChI=1S/C16H21N3O/c1-2-18-6-3-13(4-7-18)10-16-17-11-15-9-14(12-20)5-8-19(15)16/h5,8-9,11-13H,2-4,6-7,10H2,1H3. The highest BCUT2D eigenvalue weighted by molar-refractivity contribution is 5.77. The van der Waals surface area contributed by atoms with Gasteiger partial charge in [-0.1, -0.05) is 6.92 Å². The topological polar surface area (TPSA) is 37.6 Å². The molecule has 1 aliphatic heterocycles. The predicted molar refractivity (Wildman–Crippen MR) is 79.1 cm³/mol. The highest BCUT2D eigenvalue weighted by Crippen LogP contribution is 2.21. The Hall–Kier alpha value is -1.68. The van der Waals surface area contributed by atoms with Crippen LogP contribution in [0.4, 0.5) is 0 Å². The predicted octanol–water partition coefficient (Wildman–Crippen LogP) is 2.42. The summed E-state index contributed by atoms with van der Waals surface area (Å²) in [6.07, 6.45) is 8.26. The number of aromatic nitrogens is 2. The molecular weight excluding hydrogens is 250 g/mol. The number of hydrogen-bond acceptors (Lipinski definition) is 3. The van der Waals surface area contributed by atoms with Crippen LogP contribution in [0, 0.1) is 5.92 Å².